The van der Waals surface area contributed by atoms with Gasteiger partial charge in [0, 0.05) is 56.6 Å². The molecule has 0 bridgehead atoms. The van der Waals surface area contributed by atoms with Gasteiger partial charge in [-0.3, -0.25) is 4.79 Å². The Labute approximate surface area is 235 Å². The fourth-order valence-corrected chi connectivity index (χ4v) is 6.66. The summed E-state index contributed by atoms with van der Waals surface area (Å²) in [5.74, 6) is 2.43. The number of sulfonamides is 1. The number of rotatable bonds is 8. The number of nitrogens with one attached hydrogen (secondary N) is 2. The van der Waals surface area contributed by atoms with E-state index in [1.807, 2.05) is 29.2 Å². The van der Waals surface area contributed by atoms with Gasteiger partial charge in [0.15, 0.2) is 0 Å². The zero-order valence-corrected chi connectivity index (χ0v) is 23.7. The van der Waals surface area contributed by atoms with Crippen LogP contribution < -0.4 is 14.9 Å². The van der Waals surface area contributed by atoms with Crippen molar-refractivity contribution < 1.29 is 13.2 Å². The highest BCUT2D eigenvalue weighted by molar-refractivity contribution is 7.89. The lowest BCUT2D eigenvalue weighted by molar-refractivity contribution is -0.129. The minimum atomic E-state index is -3.54. The van der Waals surface area contributed by atoms with Crippen LogP contribution in [0.4, 0.5) is 11.8 Å². The van der Waals surface area contributed by atoms with Crippen LogP contribution in [0.3, 0.4) is 0 Å². The second-order valence-corrected chi connectivity index (χ2v) is 12.7. The number of aromatic nitrogens is 2. The molecular weight excluding hydrogens is 536 g/mol. The summed E-state index contributed by atoms with van der Waals surface area (Å²) in [6, 6.07) is 14.3. The molecule has 3 aromatic rings. The SMILES string of the molecule is CC(=O)N1CCN(c2nc(NCC3CCC(CNS(=O)(=O)c4ccc(Cl)cc4)CC3)nc3ccccc23)CC1. The van der Waals surface area contributed by atoms with E-state index in [1.165, 1.54) is 12.1 Å². The van der Waals surface area contributed by atoms with Crippen LogP contribution in [0.15, 0.2) is 53.4 Å². The Hall–Kier alpha value is -2.95. The summed E-state index contributed by atoms with van der Waals surface area (Å²) in [6.45, 7) is 5.70. The Morgan fingerprint density at radius 2 is 1.56 bits per heavy atom. The summed E-state index contributed by atoms with van der Waals surface area (Å²) in [5.41, 5.74) is 0.899. The van der Waals surface area contributed by atoms with Gasteiger partial charge in [-0.1, -0.05) is 23.7 Å². The molecule has 1 saturated carbocycles. The van der Waals surface area contributed by atoms with Crippen molar-refractivity contribution in [2.24, 2.45) is 11.8 Å². The van der Waals surface area contributed by atoms with Crippen molar-refractivity contribution in [1.82, 2.24) is 19.6 Å². The van der Waals surface area contributed by atoms with Gasteiger partial charge in [-0.05, 0) is 73.9 Å². The van der Waals surface area contributed by atoms with Gasteiger partial charge < -0.3 is 15.1 Å². The highest BCUT2D eigenvalue weighted by Crippen LogP contribution is 2.30. The number of hydrogen-bond acceptors (Lipinski definition) is 7. The van der Waals surface area contributed by atoms with E-state index in [2.05, 4.69) is 14.9 Å². The second-order valence-electron chi connectivity index (χ2n) is 10.5. The molecule has 9 nitrogen and oxygen atoms in total. The van der Waals surface area contributed by atoms with E-state index in [-0.39, 0.29) is 10.8 Å². The number of carbonyl (C=O) groups is 1. The first-order chi connectivity index (χ1) is 18.8. The molecular formula is C28H35ClN6O3S. The third-order valence-corrected chi connectivity index (χ3v) is 9.50. The zero-order valence-electron chi connectivity index (χ0n) is 22.1. The number of nitrogens with zero attached hydrogens (tertiary/aromatic N) is 4. The summed E-state index contributed by atoms with van der Waals surface area (Å²) in [6.07, 6.45) is 3.99. The molecule has 0 spiro atoms. The molecule has 2 heterocycles. The maximum Gasteiger partial charge on any atom is 0.240 e. The molecule has 2 aliphatic rings. The summed E-state index contributed by atoms with van der Waals surface area (Å²) < 4.78 is 28.0. The van der Waals surface area contributed by atoms with Gasteiger partial charge >= 0.3 is 0 Å². The first-order valence-corrected chi connectivity index (χ1v) is 15.4. The largest absolute Gasteiger partial charge is 0.354 e. The van der Waals surface area contributed by atoms with Crippen LogP contribution in [0.25, 0.3) is 10.9 Å². The molecule has 11 heteroatoms. The molecule has 208 valence electrons. The third kappa shape index (κ3) is 6.80. The first kappa shape index (κ1) is 27.6. The monoisotopic (exact) mass is 570 g/mol. The number of para-hydroxylation sites is 1. The summed E-state index contributed by atoms with van der Waals surface area (Å²) in [7, 11) is -3.54. The van der Waals surface area contributed by atoms with Crippen molar-refractivity contribution in [3.63, 3.8) is 0 Å². The molecule has 1 saturated heterocycles. The summed E-state index contributed by atoms with van der Waals surface area (Å²) in [4.78, 5) is 25.8. The van der Waals surface area contributed by atoms with Gasteiger partial charge in [0.25, 0.3) is 0 Å². The molecule has 1 aliphatic carbocycles. The van der Waals surface area contributed by atoms with Crippen LogP contribution in [-0.4, -0.2) is 68.5 Å². The predicted octanol–water partition coefficient (Wildman–Crippen LogP) is 4.15. The predicted molar refractivity (Wildman–Crippen MR) is 155 cm³/mol. The van der Waals surface area contributed by atoms with E-state index in [0.29, 0.717) is 42.4 Å². The third-order valence-electron chi connectivity index (χ3n) is 7.81. The maximum atomic E-state index is 12.6. The van der Waals surface area contributed by atoms with Gasteiger partial charge in [-0.2, -0.15) is 4.98 Å². The molecule has 39 heavy (non-hydrogen) atoms. The van der Waals surface area contributed by atoms with E-state index in [1.54, 1.807) is 19.1 Å². The van der Waals surface area contributed by atoms with Crippen LogP contribution in [0.2, 0.25) is 5.02 Å². The highest BCUT2D eigenvalue weighted by atomic mass is 35.5. The topological polar surface area (TPSA) is 108 Å². The van der Waals surface area contributed by atoms with Crippen LogP contribution in [0.5, 0.6) is 0 Å². The average molecular weight is 571 g/mol. The smallest absolute Gasteiger partial charge is 0.240 e. The molecule has 1 aromatic heterocycles. The summed E-state index contributed by atoms with van der Waals surface area (Å²) >= 11 is 5.88. The van der Waals surface area contributed by atoms with E-state index >= 15 is 0 Å². The quantitative estimate of drug-likeness (QED) is 0.419. The Bertz CT molecular complexity index is 1400. The lowest BCUT2D eigenvalue weighted by atomic mass is 9.82. The van der Waals surface area contributed by atoms with Crippen LogP contribution in [0.1, 0.15) is 32.6 Å². The number of halogens is 1. The van der Waals surface area contributed by atoms with Crippen molar-refractivity contribution in [3.8, 4) is 0 Å². The normalized spacial score (nSPS) is 20.3. The van der Waals surface area contributed by atoms with Gasteiger partial charge in [0.05, 0.1) is 10.4 Å². The van der Waals surface area contributed by atoms with E-state index < -0.39 is 10.0 Å². The van der Waals surface area contributed by atoms with Crippen molar-refractivity contribution >= 4 is 50.2 Å². The second kappa shape index (κ2) is 12.1. The lowest BCUT2D eigenvalue weighted by Gasteiger charge is -2.35. The van der Waals surface area contributed by atoms with Crippen LogP contribution in [-0.2, 0) is 14.8 Å². The lowest BCUT2D eigenvalue weighted by Crippen LogP contribution is -2.48. The molecule has 0 atom stereocenters. The highest BCUT2D eigenvalue weighted by Gasteiger charge is 2.25. The standard InChI is InChI=1S/C28H35ClN6O3S/c1-20(36)34-14-16-35(17-15-34)27-25-4-2-3-5-26(25)32-28(33-27)30-18-21-6-8-22(9-7-21)19-31-39(37,38)24-12-10-23(29)11-13-24/h2-5,10-13,21-22,31H,6-9,14-19H2,1H3,(H,30,32,33). The van der Waals surface area contributed by atoms with E-state index in [4.69, 9.17) is 21.6 Å². The Morgan fingerprint density at radius 3 is 2.23 bits per heavy atom. The molecule has 1 amide bonds. The molecule has 2 N–H and O–H groups in total. The van der Waals surface area contributed by atoms with E-state index in [9.17, 15) is 13.2 Å². The fraction of sp³-hybridized carbons (Fsp3) is 0.464. The number of anilines is 2. The van der Waals surface area contributed by atoms with Crippen LogP contribution in [0, 0.1) is 11.8 Å². The average Bonchev–Trinajstić information content (AvgIpc) is 2.95. The van der Waals surface area contributed by atoms with Gasteiger partial charge in [0.1, 0.15) is 5.82 Å². The molecule has 1 aliphatic heterocycles. The Balaban J connectivity index is 1.15. The van der Waals surface area contributed by atoms with Crippen molar-refractivity contribution in [1.29, 1.82) is 0 Å². The van der Waals surface area contributed by atoms with Crippen molar-refractivity contribution in [3.05, 3.63) is 53.6 Å². The number of benzene rings is 2. The van der Waals surface area contributed by atoms with E-state index in [0.717, 1.165) is 62.0 Å². The molecule has 0 radical (unpaired) electrons. The van der Waals surface area contributed by atoms with Crippen molar-refractivity contribution in [2.45, 2.75) is 37.5 Å². The minimum Gasteiger partial charge on any atom is -0.354 e. The Kier molecular flexibility index (Phi) is 8.54. The number of piperazine rings is 1. The number of carbonyl (C=O) groups excluding carboxylic acids is 1. The number of amides is 1. The minimum absolute atomic E-state index is 0.109. The Morgan fingerprint density at radius 1 is 0.923 bits per heavy atom. The van der Waals surface area contributed by atoms with Gasteiger partial charge in [0.2, 0.25) is 21.9 Å². The van der Waals surface area contributed by atoms with Crippen LogP contribution >= 0.6 is 11.6 Å². The zero-order chi connectivity index (χ0) is 27.4. The van der Waals surface area contributed by atoms with Gasteiger partial charge in [-0.25, -0.2) is 18.1 Å². The number of hydrogen-bond donors (Lipinski definition) is 2. The number of fused-ring (bicyclic) bond motifs is 1. The first-order valence-electron chi connectivity index (χ1n) is 13.5. The fourth-order valence-electron chi connectivity index (χ4n) is 5.41. The van der Waals surface area contributed by atoms with Gasteiger partial charge in [-0.15, -0.1) is 0 Å². The molecule has 2 aromatic carbocycles. The van der Waals surface area contributed by atoms with Crippen molar-refractivity contribution in [2.75, 3.05) is 49.5 Å². The molecule has 5 rings (SSSR count). The summed E-state index contributed by atoms with van der Waals surface area (Å²) in [5, 5.41) is 5.00. The maximum absolute atomic E-state index is 12.6. The molecule has 0 unspecified atom stereocenters. The molecule has 2 fully saturated rings.